The van der Waals surface area contributed by atoms with Crippen molar-refractivity contribution in [3.63, 3.8) is 0 Å². The topological polar surface area (TPSA) is 54.4 Å². The van der Waals surface area contributed by atoms with Crippen LogP contribution in [0.4, 0.5) is 0 Å². The quantitative estimate of drug-likeness (QED) is 0.757. The highest BCUT2D eigenvalue weighted by Gasteiger charge is 2.09. The summed E-state index contributed by atoms with van der Waals surface area (Å²) in [6.07, 6.45) is 0.959. The number of rotatable bonds is 7. The van der Waals surface area contributed by atoms with Crippen molar-refractivity contribution < 1.29 is 9.84 Å². The average molecular weight is 238 g/mol. The van der Waals surface area contributed by atoms with Gasteiger partial charge in [-0.05, 0) is 18.4 Å². The monoisotopic (exact) mass is 238 g/mol. The summed E-state index contributed by atoms with van der Waals surface area (Å²) in [4.78, 5) is 4.31. The van der Waals surface area contributed by atoms with Crippen LogP contribution in [0.3, 0.4) is 0 Å². The average Bonchev–Trinajstić information content (AvgIpc) is 2.34. The zero-order valence-electron chi connectivity index (χ0n) is 10.8. The maximum absolute atomic E-state index is 9.25. The van der Waals surface area contributed by atoms with E-state index < -0.39 is 0 Å². The maximum Gasteiger partial charge on any atom is 0.213 e. The zero-order valence-corrected chi connectivity index (χ0v) is 10.8. The predicted octanol–water partition coefficient (Wildman–Crippen LogP) is 1.59. The van der Waals surface area contributed by atoms with Gasteiger partial charge < -0.3 is 15.2 Å². The first-order valence-electron chi connectivity index (χ1n) is 6.00. The molecule has 1 rings (SSSR count). The van der Waals surface area contributed by atoms with E-state index in [4.69, 9.17) is 4.74 Å². The van der Waals surface area contributed by atoms with Crippen molar-refractivity contribution in [2.45, 2.75) is 32.9 Å². The summed E-state index contributed by atoms with van der Waals surface area (Å²) >= 11 is 0. The van der Waals surface area contributed by atoms with Crippen LogP contribution in [0.25, 0.3) is 0 Å². The number of aromatic nitrogens is 1. The summed E-state index contributed by atoms with van der Waals surface area (Å²) in [6.45, 7) is 5.10. The Hall–Kier alpha value is -1.13. The largest absolute Gasteiger partial charge is 0.481 e. The van der Waals surface area contributed by atoms with Gasteiger partial charge in [0, 0.05) is 18.7 Å². The van der Waals surface area contributed by atoms with Crippen LogP contribution in [0.5, 0.6) is 5.88 Å². The number of nitrogens with one attached hydrogen (secondary N) is 1. The molecule has 0 amide bonds. The Bertz CT molecular complexity index is 329. The summed E-state index contributed by atoms with van der Waals surface area (Å²) in [5.74, 6) is 1.19. The molecule has 1 atom stereocenters. The van der Waals surface area contributed by atoms with E-state index >= 15 is 0 Å². The minimum Gasteiger partial charge on any atom is -0.481 e. The molecule has 1 aromatic heterocycles. The van der Waals surface area contributed by atoms with Crippen LogP contribution in [-0.4, -0.2) is 29.8 Å². The fraction of sp³-hybridized carbons (Fsp3) is 0.615. The molecule has 0 aromatic carbocycles. The molecule has 4 heteroatoms. The van der Waals surface area contributed by atoms with Gasteiger partial charge in [0.05, 0.1) is 19.4 Å². The Balaban J connectivity index is 2.47. The molecule has 0 saturated carbocycles. The van der Waals surface area contributed by atoms with Crippen molar-refractivity contribution in [2.75, 3.05) is 13.7 Å². The van der Waals surface area contributed by atoms with Crippen LogP contribution in [0.15, 0.2) is 18.2 Å². The fourth-order valence-electron chi connectivity index (χ4n) is 1.71. The van der Waals surface area contributed by atoms with Crippen LogP contribution in [0.1, 0.15) is 26.0 Å². The highest BCUT2D eigenvalue weighted by molar-refractivity contribution is 5.15. The van der Waals surface area contributed by atoms with Gasteiger partial charge in [-0.3, -0.25) is 0 Å². The number of aliphatic hydroxyl groups excluding tert-OH is 1. The number of ether oxygens (including phenoxy) is 1. The molecule has 0 bridgehead atoms. The van der Waals surface area contributed by atoms with Gasteiger partial charge in [0.25, 0.3) is 0 Å². The molecule has 2 N–H and O–H groups in total. The van der Waals surface area contributed by atoms with E-state index in [0.717, 1.165) is 12.1 Å². The second kappa shape index (κ2) is 7.25. The second-order valence-corrected chi connectivity index (χ2v) is 4.56. The highest BCUT2D eigenvalue weighted by atomic mass is 16.5. The van der Waals surface area contributed by atoms with Gasteiger partial charge in [-0.15, -0.1) is 0 Å². The summed E-state index contributed by atoms with van der Waals surface area (Å²) in [7, 11) is 1.61. The van der Waals surface area contributed by atoms with Crippen LogP contribution >= 0.6 is 0 Å². The third-order valence-corrected chi connectivity index (χ3v) is 2.54. The minimum absolute atomic E-state index is 0.128. The van der Waals surface area contributed by atoms with E-state index in [1.54, 1.807) is 7.11 Å². The molecule has 17 heavy (non-hydrogen) atoms. The Labute approximate surface area is 103 Å². The molecule has 0 saturated heterocycles. The smallest absolute Gasteiger partial charge is 0.213 e. The molecule has 1 aromatic rings. The first-order chi connectivity index (χ1) is 8.15. The highest BCUT2D eigenvalue weighted by Crippen LogP contribution is 2.08. The maximum atomic E-state index is 9.25. The van der Waals surface area contributed by atoms with Crippen molar-refractivity contribution in [1.29, 1.82) is 0 Å². The van der Waals surface area contributed by atoms with Gasteiger partial charge >= 0.3 is 0 Å². The van der Waals surface area contributed by atoms with Gasteiger partial charge in [0.1, 0.15) is 0 Å². The van der Waals surface area contributed by atoms with Crippen LogP contribution in [-0.2, 0) is 6.54 Å². The summed E-state index contributed by atoms with van der Waals surface area (Å²) in [5.41, 5.74) is 0.923. The molecule has 1 unspecified atom stereocenters. The van der Waals surface area contributed by atoms with Gasteiger partial charge in [-0.2, -0.15) is 0 Å². The predicted molar refractivity (Wildman–Crippen MR) is 68.0 cm³/mol. The van der Waals surface area contributed by atoms with E-state index in [1.165, 1.54) is 0 Å². The van der Waals surface area contributed by atoms with Gasteiger partial charge in [0.15, 0.2) is 0 Å². The van der Waals surface area contributed by atoms with E-state index in [1.807, 2.05) is 18.2 Å². The Morgan fingerprint density at radius 1 is 1.41 bits per heavy atom. The summed E-state index contributed by atoms with van der Waals surface area (Å²) < 4.78 is 5.06. The van der Waals surface area contributed by atoms with E-state index in [-0.39, 0.29) is 12.6 Å². The van der Waals surface area contributed by atoms with Gasteiger partial charge in [-0.25, -0.2) is 4.98 Å². The molecular formula is C13H22N2O2. The molecule has 96 valence electrons. The SMILES string of the molecule is COc1cccc(CNC(CO)CC(C)C)n1. The number of pyridine rings is 1. The molecule has 0 spiro atoms. The third-order valence-electron chi connectivity index (χ3n) is 2.54. The molecule has 4 nitrogen and oxygen atoms in total. The van der Waals surface area contributed by atoms with Crippen molar-refractivity contribution >= 4 is 0 Å². The molecular weight excluding hydrogens is 216 g/mol. The number of methoxy groups -OCH3 is 1. The van der Waals surface area contributed by atoms with E-state index in [9.17, 15) is 5.11 Å². The molecule has 0 radical (unpaired) electrons. The van der Waals surface area contributed by atoms with E-state index in [0.29, 0.717) is 18.3 Å². The van der Waals surface area contributed by atoms with Gasteiger partial charge in [-0.1, -0.05) is 19.9 Å². The van der Waals surface area contributed by atoms with Gasteiger partial charge in [0.2, 0.25) is 5.88 Å². The number of hydrogen-bond acceptors (Lipinski definition) is 4. The second-order valence-electron chi connectivity index (χ2n) is 4.56. The standard InChI is InChI=1S/C13H22N2O2/c1-10(2)7-12(9-16)14-8-11-5-4-6-13(15-11)17-3/h4-6,10,12,14,16H,7-9H2,1-3H3. The van der Waals surface area contributed by atoms with Crippen LogP contribution < -0.4 is 10.1 Å². The first kappa shape index (κ1) is 13.9. The lowest BCUT2D eigenvalue weighted by Crippen LogP contribution is -2.33. The molecule has 0 aliphatic carbocycles. The normalized spacial score (nSPS) is 12.8. The van der Waals surface area contributed by atoms with Crippen molar-refractivity contribution in [3.05, 3.63) is 23.9 Å². The van der Waals surface area contributed by atoms with Crippen LogP contribution in [0, 0.1) is 5.92 Å². The Kier molecular flexibility index (Phi) is 5.94. The minimum atomic E-state index is 0.128. The van der Waals surface area contributed by atoms with Crippen LogP contribution in [0.2, 0.25) is 0 Å². The zero-order chi connectivity index (χ0) is 12.7. The summed E-state index contributed by atoms with van der Waals surface area (Å²) in [5, 5.41) is 12.5. The molecule has 0 aliphatic heterocycles. The van der Waals surface area contributed by atoms with E-state index in [2.05, 4.69) is 24.1 Å². The number of nitrogens with zero attached hydrogens (tertiary/aromatic N) is 1. The van der Waals surface area contributed by atoms with Crippen molar-refractivity contribution in [1.82, 2.24) is 10.3 Å². The third kappa shape index (κ3) is 5.15. The lowest BCUT2D eigenvalue weighted by Gasteiger charge is -2.18. The fourth-order valence-corrected chi connectivity index (χ4v) is 1.71. The lowest BCUT2D eigenvalue weighted by atomic mass is 10.0. The Morgan fingerprint density at radius 3 is 2.76 bits per heavy atom. The lowest BCUT2D eigenvalue weighted by molar-refractivity contribution is 0.223. The number of hydrogen-bond donors (Lipinski definition) is 2. The summed E-state index contributed by atoms with van der Waals surface area (Å²) in [6, 6.07) is 5.81. The van der Waals surface area contributed by atoms with Crippen molar-refractivity contribution in [3.8, 4) is 5.88 Å². The molecule has 1 heterocycles. The van der Waals surface area contributed by atoms with Crippen molar-refractivity contribution in [2.24, 2.45) is 5.92 Å². The number of aliphatic hydroxyl groups is 1. The first-order valence-corrected chi connectivity index (χ1v) is 6.00. The molecule has 0 aliphatic rings. The molecule has 0 fully saturated rings. The Morgan fingerprint density at radius 2 is 2.18 bits per heavy atom.